The van der Waals surface area contributed by atoms with Crippen LogP contribution >= 0.6 is 35.0 Å². The first kappa shape index (κ1) is 20.3. The van der Waals surface area contributed by atoms with Crippen LogP contribution in [0.1, 0.15) is 5.69 Å². The van der Waals surface area contributed by atoms with Crippen LogP contribution in [0, 0.1) is 0 Å². The molecule has 0 N–H and O–H groups in total. The van der Waals surface area contributed by atoms with Crippen LogP contribution in [0.25, 0.3) is 22.7 Å². The van der Waals surface area contributed by atoms with Gasteiger partial charge in [0, 0.05) is 30.4 Å². The summed E-state index contributed by atoms with van der Waals surface area (Å²) < 4.78 is 10.8. The highest BCUT2D eigenvalue weighted by Crippen LogP contribution is 2.38. The number of aromatic nitrogens is 4. The summed E-state index contributed by atoms with van der Waals surface area (Å²) in [6, 6.07) is 8.84. The Morgan fingerprint density at radius 2 is 1.90 bits per heavy atom. The van der Waals surface area contributed by atoms with Gasteiger partial charge >= 0.3 is 0 Å². The molecule has 10 heteroatoms. The Morgan fingerprint density at radius 3 is 2.60 bits per heavy atom. The van der Waals surface area contributed by atoms with Gasteiger partial charge in [-0.15, -0.1) is 0 Å². The van der Waals surface area contributed by atoms with E-state index in [4.69, 9.17) is 32.4 Å². The van der Waals surface area contributed by atoms with Gasteiger partial charge in [-0.2, -0.15) is 0 Å². The van der Waals surface area contributed by atoms with Crippen molar-refractivity contribution >= 4 is 41.4 Å². The molecule has 0 aromatic carbocycles. The molecule has 0 amide bonds. The van der Waals surface area contributed by atoms with Crippen molar-refractivity contribution < 1.29 is 13.9 Å². The molecule has 7 nitrogen and oxygen atoms in total. The lowest BCUT2D eigenvalue weighted by atomic mass is 10.2. The van der Waals surface area contributed by atoms with E-state index in [1.807, 2.05) is 6.07 Å². The van der Waals surface area contributed by atoms with Gasteiger partial charge in [0.15, 0.2) is 5.09 Å². The summed E-state index contributed by atoms with van der Waals surface area (Å²) in [6.07, 6.45) is 6.35. The number of rotatable bonds is 7. The molecule has 4 heterocycles. The van der Waals surface area contributed by atoms with E-state index in [9.17, 15) is 4.79 Å². The van der Waals surface area contributed by atoms with E-state index < -0.39 is 0 Å². The zero-order valence-corrected chi connectivity index (χ0v) is 17.5. The monoisotopic (exact) mass is 458 g/mol. The molecule has 0 unspecified atom stereocenters. The molecule has 0 saturated heterocycles. The Bertz CT molecular complexity index is 1170. The molecule has 0 aliphatic heterocycles. The normalized spacial score (nSPS) is 10.7. The molecule has 4 aromatic heterocycles. The second-order valence-corrected chi connectivity index (χ2v) is 7.78. The van der Waals surface area contributed by atoms with Crippen LogP contribution < -0.4 is 0 Å². The van der Waals surface area contributed by atoms with Crippen LogP contribution in [0.5, 0.6) is 0 Å². The first-order valence-electron chi connectivity index (χ1n) is 8.54. The molecule has 0 aliphatic rings. The minimum atomic E-state index is 0.0956. The first-order valence-corrected chi connectivity index (χ1v) is 10.1. The van der Waals surface area contributed by atoms with Gasteiger partial charge in [0.2, 0.25) is 5.89 Å². The van der Waals surface area contributed by atoms with Gasteiger partial charge in [-0.05, 0) is 42.1 Å². The molecular weight excluding hydrogens is 447 g/mol. The zero-order chi connectivity index (χ0) is 20.9. The predicted molar refractivity (Wildman–Crippen MR) is 112 cm³/mol. The molecule has 0 saturated carbocycles. The molecule has 150 valence electrons. The summed E-state index contributed by atoms with van der Waals surface area (Å²) in [5.74, 6) is 0.366. The van der Waals surface area contributed by atoms with Crippen LogP contribution in [0.2, 0.25) is 10.0 Å². The largest absolute Gasteiger partial charge is 0.461 e. The van der Waals surface area contributed by atoms with Gasteiger partial charge in [-0.1, -0.05) is 23.2 Å². The Balaban J connectivity index is 1.72. The van der Waals surface area contributed by atoms with Gasteiger partial charge in [0.05, 0.1) is 21.3 Å². The molecule has 4 rings (SSSR count). The molecule has 30 heavy (non-hydrogen) atoms. The zero-order valence-electron chi connectivity index (χ0n) is 15.2. The van der Waals surface area contributed by atoms with Crippen molar-refractivity contribution in [3.05, 3.63) is 70.9 Å². The average Bonchev–Trinajstić information content (AvgIpc) is 3.18. The quantitative estimate of drug-likeness (QED) is 0.343. The van der Waals surface area contributed by atoms with Gasteiger partial charge in [0.25, 0.3) is 6.47 Å². The minimum Gasteiger partial charge on any atom is -0.461 e. The van der Waals surface area contributed by atoms with E-state index in [0.717, 1.165) is 5.56 Å². The van der Waals surface area contributed by atoms with E-state index in [0.29, 0.717) is 49.5 Å². The van der Waals surface area contributed by atoms with Crippen LogP contribution in [0.4, 0.5) is 0 Å². The summed E-state index contributed by atoms with van der Waals surface area (Å²) in [4.78, 5) is 27.7. The third kappa shape index (κ3) is 4.79. The van der Waals surface area contributed by atoms with Crippen LogP contribution in [0.15, 0.2) is 69.7 Å². The maximum absolute atomic E-state index is 10.4. The second kappa shape index (κ2) is 9.25. The van der Waals surface area contributed by atoms with Crippen molar-refractivity contribution in [1.29, 1.82) is 0 Å². The highest BCUT2D eigenvalue weighted by Gasteiger charge is 2.19. The van der Waals surface area contributed by atoms with Crippen molar-refractivity contribution in [2.24, 2.45) is 0 Å². The third-order valence-electron chi connectivity index (χ3n) is 3.84. The molecule has 0 bridgehead atoms. The van der Waals surface area contributed by atoms with Gasteiger partial charge in [-0.3, -0.25) is 14.8 Å². The van der Waals surface area contributed by atoms with E-state index >= 15 is 0 Å². The fraction of sp³-hybridized carbons (Fsp3) is 0.0500. The molecule has 0 radical (unpaired) electrons. The van der Waals surface area contributed by atoms with E-state index in [2.05, 4.69) is 19.9 Å². The molecule has 0 aliphatic carbocycles. The van der Waals surface area contributed by atoms with E-state index in [1.54, 1.807) is 42.9 Å². The number of nitrogens with zero attached hydrogens (tertiary/aromatic N) is 4. The lowest BCUT2D eigenvalue weighted by molar-refractivity contribution is -0.129. The number of ether oxygens (including phenoxy) is 1. The van der Waals surface area contributed by atoms with E-state index in [-0.39, 0.29) is 6.61 Å². The number of carbonyl (C=O) groups excluding carboxylic acids is 1. The highest BCUT2D eigenvalue weighted by atomic mass is 35.5. The Morgan fingerprint density at radius 1 is 1.00 bits per heavy atom. The van der Waals surface area contributed by atoms with Gasteiger partial charge in [0.1, 0.15) is 17.3 Å². The number of hydrogen-bond donors (Lipinski definition) is 0. The SMILES string of the molecule is O=COCc1ccc(-c2nc(-c3cncc(Cl)c3)oc2Sc2ccc(Cl)cn2)cn1. The minimum absolute atomic E-state index is 0.0956. The predicted octanol–water partition coefficient (Wildman–Crippen LogP) is 5.32. The van der Waals surface area contributed by atoms with E-state index in [1.165, 1.54) is 18.0 Å². The fourth-order valence-corrected chi connectivity index (χ4v) is 3.59. The number of pyridine rings is 3. The summed E-state index contributed by atoms with van der Waals surface area (Å²) in [5, 5.41) is 2.23. The summed E-state index contributed by atoms with van der Waals surface area (Å²) in [6.45, 7) is 0.477. The molecule has 0 fully saturated rings. The topological polar surface area (TPSA) is 91.0 Å². The Hall–Kier alpha value is -2.94. The maximum Gasteiger partial charge on any atom is 0.293 e. The Kier molecular flexibility index (Phi) is 6.27. The summed E-state index contributed by atoms with van der Waals surface area (Å²) >= 11 is 13.3. The van der Waals surface area contributed by atoms with Crippen molar-refractivity contribution in [2.75, 3.05) is 0 Å². The number of oxazole rings is 1. The third-order valence-corrected chi connectivity index (χ3v) is 5.19. The van der Waals surface area contributed by atoms with Crippen LogP contribution in [-0.4, -0.2) is 26.4 Å². The first-order chi connectivity index (χ1) is 14.6. The molecule has 4 aromatic rings. The van der Waals surface area contributed by atoms with Crippen molar-refractivity contribution in [2.45, 2.75) is 16.7 Å². The smallest absolute Gasteiger partial charge is 0.293 e. The Labute approximate surface area is 185 Å². The number of halogens is 2. The van der Waals surface area contributed by atoms with Gasteiger partial charge < -0.3 is 9.15 Å². The summed E-state index contributed by atoms with van der Waals surface area (Å²) in [7, 11) is 0. The molecular formula is C20H12Cl2N4O3S. The number of hydrogen-bond acceptors (Lipinski definition) is 8. The highest BCUT2D eigenvalue weighted by molar-refractivity contribution is 7.99. The lowest BCUT2D eigenvalue weighted by Gasteiger charge is -2.02. The molecule has 0 atom stereocenters. The van der Waals surface area contributed by atoms with Crippen molar-refractivity contribution in [1.82, 2.24) is 19.9 Å². The fourth-order valence-electron chi connectivity index (χ4n) is 2.50. The second-order valence-electron chi connectivity index (χ2n) is 5.91. The summed E-state index contributed by atoms with van der Waals surface area (Å²) in [5.41, 5.74) is 2.57. The van der Waals surface area contributed by atoms with Crippen molar-refractivity contribution in [3.8, 4) is 22.7 Å². The standard InChI is InChI=1S/C20H12Cl2N4O3S/c21-14-2-4-17(25-9-14)30-20-18(12-1-3-16(24-7-12)10-28-11-27)26-19(29-20)13-5-15(22)8-23-6-13/h1-9,11H,10H2. The lowest BCUT2D eigenvalue weighted by Crippen LogP contribution is -1.94. The van der Waals surface area contributed by atoms with Crippen LogP contribution in [0.3, 0.4) is 0 Å². The molecule has 0 spiro atoms. The maximum atomic E-state index is 10.4. The van der Waals surface area contributed by atoms with Crippen molar-refractivity contribution in [3.63, 3.8) is 0 Å². The average molecular weight is 459 g/mol. The number of carbonyl (C=O) groups is 1. The van der Waals surface area contributed by atoms with Crippen LogP contribution in [-0.2, 0) is 16.1 Å². The van der Waals surface area contributed by atoms with Gasteiger partial charge in [-0.25, -0.2) is 9.97 Å².